The monoisotopic (exact) mass is 348 g/mol. The summed E-state index contributed by atoms with van der Waals surface area (Å²) >= 11 is 0. The molecule has 0 aromatic heterocycles. The molecule has 0 saturated heterocycles. The number of sulfonamides is 1. The molecule has 22 heavy (non-hydrogen) atoms. The van der Waals surface area contributed by atoms with Crippen molar-refractivity contribution in [2.24, 2.45) is 5.73 Å². The van der Waals surface area contributed by atoms with Crippen molar-refractivity contribution < 1.29 is 8.42 Å². The fraction of sp³-hybridized carbons (Fsp3) is 0.625. The molecule has 6 heteroatoms. The van der Waals surface area contributed by atoms with Gasteiger partial charge < -0.3 is 5.73 Å². The van der Waals surface area contributed by atoms with Gasteiger partial charge in [-0.3, -0.25) is 0 Å². The molecular formula is C16H29ClN2O2S. The van der Waals surface area contributed by atoms with Gasteiger partial charge >= 0.3 is 0 Å². The Bertz CT molecular complexity index is 582. The zero-order valence-electron chi connectivity index (χ0n) is 14.4. The number of hydrogen-bond acceptors (Lipinski definition) is 3. The third-order valence-electron chi connectivity index (χ3n) is 3.49. The van der Waals surface area contributed by atoms with E-state index >= 15 is 0 Å². The van der Waals surface area contributed by atoms with Gasteiger partial charge in [-0.2, -0.15) is 0 Å². The first kappa shape index (κ1) is 21.4. The minimum Gasteiger partial charge on any atom is -0.328 e. The maximum atomic E-state index is 12.5. The minimum absolute atomic E-state index is 0. The molecule has 1 unspecified atom stereocenters. The summed E-state index contributed by atoms with van der Waals surface area (Å²) < 4.78 is 27.6. The number of hydrogen-bond donors (Lipinski definition) is 2. The number of halogens is 1. The zero-order chi connectivity index (χ0) is 16.4. The topological polar surface area (TPSA) is 72.2 Å². The second-order valence-electron chi connectivity index (χ2n) is 6.85. The van der Waals surface area contributed by atoms with Crippen LogP contribution >= 0.6 is 12.4 Å². The van der Waals surface area contributed by atoms with E-state index in [4.69, 9.17) is 5.73 Å². The van der Waals surface area contributed by atoms with E-state index in [1.807, 2.05) is 32.9 Å². The Hall–Kier alpha value is -0.620. The molecule has 1 aromatic carbocycles. The molecule has 128 valence electrons. The van der Waals surface area contributed by atoms with Crippen LogP contribution in [0.4, 0.5) is 0 Å². The van der Waals surface area contributed by atoms with E-state index in [1.54, 1.807) is 0 Å². The van der Waals surface area contributed by atoms with Crippen LogP contribution in [0, 0.1) is 13.8 Å². The Morgan fingerprint density at radius 2 is 1.64 bits per heavy atom. The van der Waals surface area contributed by atoms with Gasteiger partial charge in [-0.1, -0.05) is 32.9 Å². The predicted molar refractivity (Wildman–Crippen MR) is 95.3 cm³/mol. The highest BCUT2D eigenvalue weighted by Gasteiger charge is 2.22. The molecule has 0 fully saturated rings. The van der Waals surface area contributed by atoms with E-state index in [1.165, 1.54) is 0 Å². The Kier molecular flexibility index (Phi) is 7.55. The van der Waals surface area contributed by atoms with Gasteiger partial charge in [-0.05, 0) is 49.3 Å². The van der Waals surface area contributed by atoms with Crippen LogP contribution in [0.2, 0.25) is 0 Å². The van der Waals surface area contributed by atoms with E-state index in [-0.39, 0.29) is 23.9 Å². The fourth-order valence-corrected chi connectivity index (χ4v) is 3.80. The maximum absolute atomic E-state index is 12.5. The van der Waals surface area contributed by atoms with Crippen molar-refractivity contribution in [3.63, 3.8) is 0 Å². The molecule has 0 aliphatic heterocycles. The molecule has 0 saturated carbocycles. The predicted octanol–water partition coefficient (Wildman–Crippen LogP) is 3.04. The average Bonchev–Trinajstić information content (AvgIpc) is 2.25. The lowest BCUT2D eigenvalue weighted by molar-refractivity contribution is 0.568. The number of benzene rings is 1. The highest BCUT2D eigenvalue weighted by molar-refractivity contribution is 7.89. The van der Waals surface area contributed by atoms with Crippen LogP contribution < -0.4 is 10.5 Å². The lowest BCUT2D eigenvalue weighted by atomic mass is 9.85. The lowest BCUT2D eigenvalue weighted by Crippen LogP contribution is -2.30. The SMILES string of the molecule is Cc1cc(C(C)(C)C)cc(C)c1S(=O)(=O)NCCC(C)N.Cl. The van der Waals surface area contributed by atoms with Gasteiger partial charge in [0.05, 0.1) is 4.90 Å². The third-order valence-corrected chi connectivity index (χ3v) is 5.25. The normalized spacial score (nSPS) is 13.6. The van der Waals surface area contributed by atoms with Gasteiger partial charge in [-0.25, -0.2) is 13.1 Å². The number of aryl methyl sites for hydroxylation is 2. The molecule has 3 N–H and O–H groups in total. The summed E-state index contributed by atoms with van der Waals surface area (Å²) in [5, 5.41) is 0. The summed E-state index contributed by atoms with van der Waals surface area (Å²) in [4.78, 5) is 0.389. The summed E-state index contributed by atoms with van der Waals surface area (Å²) in [6.45, 7) is 12.3. The first-order chi connectivity index (χ1) is 9.45. The van der Waals surface area contributed by atoms with Crippen LogP contribution in [0.3, 0.4) is 0 Å². The van der Waals surface area contributed by atoms with Gasteiger partial charge in [0.25, 0.3) is 0 Å². The zero-order valence-corrected chi connectivity index (χ0v) is 16.0. The van der Waals surface area contributed by atoms with Crippen molar-refractivity contribution in [2.75, 3.05) is 6.54 Å². The molecule has 0 bridgehead atoms. The van der Waals surface area contributed by atoms with Crippen molar-refractivity contribution in [1.82, 2.24) is 4.72 Å². The van der Waals surface area contributed by atoms with E-state index in [0.29, 0.717) is 17.9 Å². The summed E-state index contributed by atoms with van der Waals surface area (Å²) in [6, 6.07) is 3.92. The first-order valence-electron chi connectivity index (χ1n) is 7.32. The second-order valence-corrected chi connectivity index (χ2v) is 8.56. The molecule has 0 aliphatic carbocycles. The summed E-state index contributed by atoms with van der Waals surface area (Å²) in [5.41, 5.74) is 8.37. The molecule has 0 aliphatic rings. The highest BCUT2D eigenvalue weighted by Crippen LogP contribution is 2.29. The molecule has 0 heterocycles. The van der Waals surface area contributed by atoms with Gasteiger partial charge in [0, 0.05) is 12.6 Å². The summed E-state index contributed by atoms with van der Waals surface area (Å²) in [7, 11) is -3.49. The van der Waals surface area contributed by atoms with Crippen LogP contribution in [0.1, 0.15) is 50.8 Å². The first-order valence-corrected chi connectivity index (χ1v) is 8.80. The molecule has 4 nitrogen and oxygen atoms in total. The third kappa shape index (κ3) is 5.54. The van der Waals surface area contributed by atoms with Crippen LogP contribution in [-0.2, 0) is 15.4 Å². The van der Waals surface area contributed by atoms with Gasteiger partial charge in [-0.15, -0.1) is 12.4 Å². The van der Waals surface area contributed by atoms with E-state index in [2.05, 4.69) is 25.5 Å². The molecule has 0 radical (unpaired) electrons. The summed E-state index contributed by atoms with van der Waals surface area (Å²) in [5.74, 6) is 0. The van der Waals surface area contributed by atoms with E-state index in [0.717, 1.165) is 16.7 Å². The van der Waals surface area contributed by atoms with Crippen molar-refractivity contribution in [3.05, 3.63) is 28.8 Å². The quantitative estimate of drug-likeness (QED) is 0.859. The molecule has 1 rings (SSSR count). The Labute approximate surface area is 141 Å². The number of nitrogens with one attached hydrogen (secondary N) is 1. The van der Waals surface area contributed by atoms with Gasteiger partial charge in [0.1, 0.15) is 0 Å². The van der Waals surface area contributed by atoms with Crippen molar-refractivity contribution in [1.29, 1.82) is 0 Å². The fourth-order valence-electron chi connectivity index (χ4n) is 2.30. The highest BCUT2D eigenvalue weighted by atomic mass is 35.5. The maximum Gasteiger partial charge on any atom is 0.241 e. The number of nitrogens with two attached hydrogens (primary N) is 1. The van der Waals surface area contributed by atoms with E-state index in [9.17, 15) is 8.42 Å². The van der Waals surface area contributed by atoms with Gasteiger partial charge in [0.15, 0.2) is 0 Å². The van der Waals surface area contributed by atoms with Crippen LogP contribution in [0.25, 0.3) is 0 Å². The second kappa shape index (κ2) is 7.77. The van der Waals surface area contributed by atoms with Crippen molar-refractivity contribution in [2.45, 2.75) is 64.3 Å². The largest absolute Gasteiger partial charge is 0.328 e. The Morgan fingerprint density at radius 3 is 2.00 bits per heavy atom. The summed E-state index contributed by atoms with van der Waals surface area (Å²) in [6.07, 6.45) is 0.622. The molecule has 1 aromatic rings. The Morgan fingerprint density at radius 1 is 1.18 bits per heavy atom. The standard InChI is InChI=1S/C16H28N2O2S.ClH/c1-11-9-14(16(4,5)6)10-12(2)15(11)21(19,20)18-8-7-13(3)17;/h9-10,13,18H,7-8,17H2,1-6H3;1H. The van der Waals surface area contributed by atoms with Gasteiger partial charge in [0.2, 0.25) is 10.0 Å². The number of rotatable bonds is 5. The van der Waals surface area contributed by atoms with Crippen LogP contribution in [-0.4, -0.2) is 21.0 Å². The lowest BCUT2D eigenvalue weighted by Gasteiger charge is -2.22. The average molecular weight is 349 g/mol. The molecule has 0 amide bonds. The Balaban J connectivity index is 0.00000441. The molecule has 0 spiro atoms. The minimum atomic E-state index is -3.49. The van der Waals surface area contributed by atoms with Crippen LogP contribution in [0.5, 0.6) is 0 Å². The van der Waals surface area contributed by atoms with Crippen molar-refractivity contribution >= 4 is 22.4 Å². The molecular weight excluding hydrogens is 320 g/mol. The van der Waals surface area contributed by atoms with Crippen molar-refractivity contribution in [3.8, 4) is 0 Å². The van der Waals surface area contributed by atoms with E-state index < -0.39 is 10.0 Å². The van der Waals surface area contributed by atoms with Crippen LogP contribution in [0.15, 0.2) is 17.0 Å². The smallest absolute Gasteiger partial charge is 0.241 e. The molecule has 1 atom stereocenters.